The predicted molar refractivity (Wildman–Crippen MR) is 67.6 cm³/mol. The quantitative estimate of drug-likeness (QED) is 0.725. The summed E-state index contributed by atoms with van der Waals surface area (Å²) >= 11 is 0. The van der Waals surface area contributed by atoms with Gasteiger partial charge in [-0.25, -0.2) is 0 Å². The highest BCUT2D eigenvalue weighted by atomic mass is 16.5. The van der Waals surface area contributed by atoms with E-state index in [2.05, 4.69) is 13.0 Å². The van der Waals surface area contributed by atoms with E-state index in [1.54, 1.807) is 7.11 Å². The van der Waals surface area contributed by atoms with Crippen molar-refractivity contribution >= 4 is 0 Å². The number of nitrogens with two attached hydrogens (primary N) is 2. The van der Waals surface area contributed by atoms with Crippen molar-refractivity contribution in [3.8, 4) is 5.75 Å². The Labute approximate surface area is 97.8 Å². The Morgan fingerprint density at radius 3 is 2.62 bits per heavy atom. The van der Waals surface area contributed by atoms with Gasteiger partial charge < -0.3 is 16.2 Å². The topological polar surface area (TPSA) is 61.3 Å². The summed E-state index contributed by atoms with van der Waals surface area (Å²) in [5.74, 6) is 0.885. The van der Waals surface area contributed by atoms with Gasteiger partial charge in [0.15, 0.2) is 0 Å². The van der Waals surface area contributed by atoms with Crippen LogP contribution in [0.4, 0.5) is 0 Å². The first kappa shape index (κ1) is 13.0. The Morgan fingerprint density at radius 1 is 1.31 bits per heavy atom. The number of ether oxygens (including phenoxy) is 1. The summed E-state index contributed by atoms with van der Waals surface area (Å²) in [6.45, 7) is 2.81. The van der Waals surface area contributed by atoms with Crippen LogP contribution in [0.15, 0.2) is 18.2 Å². The maximum atomic E-state index is 6.15. The summed E-state index contributed by atoms with van der Waals surface area (Å²) in [5, 5.41) is 0. The molecule has 0 aliphatic rings. The van der Waals surface area contributed by atoms with Crippen molar-refractivity contribution in [2.24, 2.45) is 11.5 Å². The van der Waals surface area contributed by atoms with E-state index < -0.39 is 0 Å². The van der Waals surface area contributed by atoms with Crippen molar-refractivity contribution in [2.75, 3.05) is 13.7 Å². The van der Waals surface area contributed by atoms with E-state index in [4.69, 9.17) is 16.2 Å². The fourth-order valence-electron chi connectivity index (χ4n) is 1.86. The van der Waals surface area contributed by atoms with Crippen LogP contribution >= 0.6 is 0 Å². The number of rotatable bonds is 6. The largest absolute Gasteiger partial charge is 0.497 e. The van der Waals surface area contributed by atoms with Gasteiger partial charge in [0.05, 0.1) is 7.11 Å². The van der Waals surface area contributed by atoms with Gasteiger partial charge in [0, 0.05) is 6.04 Å². The molecular formula is C13H22N2O. The van der Waals surface area contributed by atoms with Crippen LogP contribution in [0.1, 0.15) is 36.4 Å². The van der Waals surface area contributed by atoms with Crippen LogP contribution in [0.2, 0.25) is 0 Å². The highest BCUT2D eigenvalue weighted by Gasteiger charge is 2.09. The maximum absolute atomic E-state index is 6.15. The summed E-state index contributed by atoms with van der Waals surface area (Å²) in [4.78, 5) is 0. The number of methoxy groups -OCH3 is 1. The van der Waals surface area contributed by atoms with E-state index in [-0.39, 0.29) is 6.04 Å². The monoisotopic (exact) mass is 222 g/mol. The summed E-state index contributed by atoms with van der Waals surface area (Å²) in [7, 11) is 1.68. The lowest BCUT2D eigenvalue weighted by Crippen LogP contribution is -2.12. The second kappa shape index (κ2) is 6.51. The van der Waals surface area contributed by atoms with Crippen LogP contribution in [0.25, 0.3) is 0 Å². The van der Waals surface area contributed by atoms with Crippen molar-refractivity contribution in [1.29, 1.82) is 0 Å². The lowest BCUT2D eigenvalue weighted by atomic mass is 9.97. The molecule has 1 rings (SSSR count). The Morgan fingerprint density at radius 2 is 2.06 bits per heavy atom. The SMILES string of the molecule is COc1ccc([C@H](N)CCCCN)c(C)c1. The number of hydrogen-bond acceptors (Lipinski definition) is 3. The number of benzene rings is 1. The molecule has 4 N–H and O–H groups in total. The number of aryl methyl sites for hydroxylation is 1. The van der Waals surface area contributed by atoms with Crippen LogP contribution in [-0.4, -0.2) is 13.7 Å². The van der Waals surface area contributed by atoms with E-state index in [1.165, 1.54) is 11.1 Å². The average Bonchev–Trinajstić information content (AvgIpc) is 2.29. The number of hydrogen-bond donors (Lipinski definition) is 2. The molecule has 0 spiro atoms. The van der Waals surface area contributed by atoms with Gasteiger partial charge in [-0.3, -0.25) is 0 Å². The zero-order chi connectivity index (χ0) is 12.0. The number of unbranched alkanes of at least 4 members (excludes halogenated alkanes) is 1. The molecule has 3 heteroatoms. The molecule has 0 amide bonds. The maximum Gasteiger partial charge on any atom is 0.119 e. The minimum Gasteiger partial charge on any atom is -0.497 e. The first-order valence-electron chi connectivity index (χ1n) is 5.79. The molecule has 16 heavy (non-hydrogen) atoms. The van der Waals surface area contributed by atoms with Gasteiger partial charge in [-0.2, -0.15) is 0 Å². The van der Waals surface area contributed by atoms with Gasteiger partial charge in [-0.15, -0.1) is 0 Å². The average molecular weight is 222 g/mol. The van der Waals surface area contributed by atoms with Crippen LogP contribution in [-0.2, 0) is 0 Å². The lowest BCUT2D eigenvalue weighted by molar-refractivity contribution is 0.414. The standard InChI is InChI=1S/C13H22N2O/c1-10-9-11(16-2)6-7-12(10)13(15)5-3-4-8-14/h6-7,9,13H,3-5,8,14-15H2,1-2H3/t13-/m1/s1. The van der Waals surface area contributed by atoms with Crippen LogP contribution < -0.4 is 16.2 Å². The van der Waals surface area contributed by atoms with E-state index in [1.807, 2.05) is 12.1 Å². The Hall–Kier alpha value is -1.06. The zero-order valence-corrected chi connectivity index (χ0v) is 10.2. The van der Waals surface area contributed by atoms with E-state index in [0.717, 1.165) is 31.6 Å². The van der Waals surface area contributed by atoms with Crippen molar-refractivity contribution in [2.45, 2.75) is 32.2 Å². The summed E-state index contributed by atoms with van der Waals surface area (Å²) < 4.78 is 5.17. The van der Waals surface area contributed by atoms with Crippen LogP contribution in [0.3, 0.4) is 0 Å². The fourth-order valence-corrected chi connectivity index (χ4v) is 1.86. The molecule has 0 aliphatic heterocycles. The molecule has 3 nitrogen and oxygen atoms in total. The molecule has 0 heterocycles. The molecular weight excluding hydrogens is 200 g/mol. The van der Waals surface area contributed by atoms with E-state index in [9.17, 15) is 0 Å². The Kier molecular flexibility index (Phi) is 5.29. The third-order valence-electron chi connectivity index (χ3n) is 2.85. The fraction of sp³-hybridized carbons (Fsp3) is 0.538. The van der Waals surface area contributed by atoms with Crippen molar-refractivity contribution < 1.29 is 4.74 Å². The first-order chi connectivity index (χ1) is 7.69. The Balaban J connectivity index is 2.64. The molecule has 0 aliphatic carbocycles. The third-order valence-corrected chi connectivity index (χ3v) is 2.85. The highest BCUT2D eigenvalue weighted by Crippen LogP contribution is 2.24. The van der Waals surface area contributed by atoms with Gasteiger partial charge in [-0.1, -0.05) is 12.5 Å². The normalized spacial score (nSPS) is 12.5. The van der Waals surface area contributed by atoms with Crippen molar-refractivity contribution in [3.63, 3.8) is 0 Å². The molecule has 1 aromatic rings. The van der Waals surface area contributed by atoms with Gasteiger partial charge in [-0.05, 0) is 49.6 Å². The molecule has 0 unspecified atom stereocenters. The lowest BCUT2D eigenvalue weighted by Gasteiger charge is -2.15. The summed E-state index contributed by atoms with van der Waals surface area (Å²) in [6, 6.07) is 6.15. The second-order valence-corrected chi connectivity index (χ2v) is 4.11. The molecule has 0 saturated heterocycles. The molecule has 1 atom stereocenters. The smallest absolute Gasteiger partial charge is 0.119 e. The first-order valence-corrected chi connectivity index (χ1v) is 5.79. The van der Waals surface area contributed by atoms with Crippen LogP contribution in [0.5, 0.6) is 5.75 Å². The molecule has 1 aromatic carbocycles. The minimum absolute atomic E-state index is 0.109. The Bertz CT molecular complexity index is 326. The van der Waals surface area contributed by atoms with Gasteiger partial charge in [0.1, 0.15) is 5.75 Å². The van der Waals surface area contributed by atoms with Crippen molar-refractivity contribution in [3.05, 3.63) is 29.3 Å². The van der Waals surface area contributed by atoms with Gasteiger partial charge in [0.25, 0.3) is 0 Å². The molecule has 90 valence electrons. The summed E-state index contributed by atoms with van der Waals surface area (Å²) in [5.41, 5.74) is 14.0. The van der Waals surface area contributed by atoms with E-state index >= 15 is 0 Å². The molecule has 0 saturated carbocycles. The van der Waals surface area contributed by atoms with Gasteiger partial charge in [0.2, 0.25) is 0 Å². The highest BCUT2D eigenvalue weighted by molar-refractivity contribution is 5.36. The molecule has 0 aromatic heterocycles. The molecule has 0 fully saturated rings. The van der Waals surface area contributed by atoms with E-state index in [0.29, 0.717) is 0 Å². The van der Waals surface area contributed by atoms with Crippen LogP contribution in [0, 0.1) is 6.92 Å². The predicted octanol–water partition coefficient (Wildman–Crippen LogP) is 2.13. The molecule has 0 bridgehead atoms. The second-order valence-electron chi connectivity index (χ2n) is 4.11. The van der Waals surface area contributed by atoms with Gasteiger partial charge >= 0.3 is 0 Å². The van der Waals surface area contributed by atoms with Crippen molar-refractivity contribution in [1.82, 2.24) is 0 Å². The molecule has 0 radical (unpaired) electrons. The zero-order valence-electron chi connectivity index (χ0n) is 10.2. The third kappa shape index (κ3) is 3.51. The minimum atomic E-state index is 0.109. The summed E-state index contributed by atoms with van der Waals surface area (Å²) in [6.07, 6.45) is 3.12.